The summed E-state index contributed by atoms with van der Waals surface area (Å²) in [5, 5.41) is 12.8. The van der Waals surface area contributed by atoms with Gasteiger partial charge in [0.25, 0.3) is 0 Å². The van der Waals surface area contributed by atoms with Gasteiger partial charge >= 0.3 is 5.97 Å². The minimum Gasteiger partial charge on any atom is -0.472 e. The molecule has 0 aliphatic rings. The van der Waals surface area contributed by atoms with Gasteiger partial charge in [0.15, 0.2) is 0 Å². The Balaban J connectivity index is 2.28. The number of hydrogen-bond donors (Lipinski definition) is 1. The summed E-state index contributed by atoms with van der Waals surface area (Å²) >= 11 is 0. The van der Waals surface area contributed by atoms with Crippen LogP contribution >= 0.6 is 0 Å². The molecule has 0 aliphatic carbocycles. The third kappa shape index (κ3) is 2.80. The van der Waals surface area contributed by atoms with Gasteiger partial charge in [-0.15, -0.1) is 4.85 Å². The highest BCUT2D eigenvalue weighted by atomic mass is 16.5. The predicted molar refractivity (Wildman–Crippen MR) is 71.6 cm³/mol. The van der Waals surface area contributed by atoms with Crippen LogP contribution < -0.4 is 4.74 Å². The molecule has 0 saturated heterocycles. The largest absolute Gasteiger partial charge is 0.472 e. The van der Waals surface area contributed by atoms with Crippen LogP contribution in [0.5, 0.6) is 5.88 Å². The lowest BCUT2D eigenvalue weighted by atomic mass is 10.0. The predicted octanol–water partition coefficient (Wildman–Crippen LogP) is 2.13. The number of methoxy groups -OCH3 is 1. The van der Waals surface area contributed by atoms with E-state index in [0.717, 1.165) is 5.56 Å². The molecular weight excluding hydrogens is 260 g/mol. The second-order valence-electron chi connectivity index (χ2n) is 3.93. The lowest BCUT2D eigenvalue weighted by Gasteiger charge is -2.11. The number of nitrogens with zero attached hydrogens (tertiary/aromatic N) is 2. The first-order chi connectivity index (χ1) is 9.65. The third-order valence-electron chi connectivity index (χ3n) is 2.75. The van der Waals surface area contributed by atoms with Crippen LogP contribution in [0.2, 0.25) is 0 Å². The summed E-state index contributed by atoms with van der Waals surface area (Å²) in [4.78, 5) is 12.4. The van der Waals surface area contributed by atoms with E-state index in [1.165, 1.54) is 19.4 Å². The van der Waals surface area contributed by atoms with Gasteiger partial charge in [-0.2, -0.15) is 0 Å². The zero-order chi connectivity index (χ0) is 14.5. The molecule has 0 unspecified atom stereocenters. The van der Waals surface area contributed by atoms with E-state index in [1.54, 1.807) is 18.2 Å². The van der Waals surface area contributed by atoms with E-state index in [1.807, 2.05) is 6.07 Å². The van der Waals surface area contributed by atoms with Crippen molar-refractivity contribution in [3.8, 4) is 5.88 Å². The average Bonchev–Trinajstić information content (AvgIpc) is 2.89. The minimum atomic E-state index is -0.444. The van der Waals surface area contributed by atoms with E-state index in [-0.39, 0.29) is 12.5 Å². The summed E-state index contributed by atoms with van der Waals surface area (Å²) in [7, 11) is 1.32. The molecule has 1 aromatic carbocycles. The van der Waals surface area contributed by atoms with Crippen molar-refractivity contribution in [2.24, 2.45) is 0 Å². The average molecular weight is 274 g/mol. The quantitative estimate of drug-likeness (QED) is 0.668. The van der Waals surface area contributed by atoms with Crippen LogP contribution in [0.1, 0.15) is 21.5 Å². The van der Waals surface area contributed by atoms with Gasteiger partial charge in [0.1, 0.15) is 6.61 Å². The highest BCUT2D eigenvalue weighted by Crippen LogP contribution is 2.19. The van der Waals surface area contributed by atoms with Crippen LogP contribution in [-0.4, -0.2) is 28.2 Å². The molecule has 1 heterocycles. The summed E-state index contributed by atoms with van der Waals surface area (Å²) in [5.74, 6) is -0.192. The Hall–Kier alpha value is -2.76. The Bertz CT molecular complexity index is 634. The molecule has 0 aliphatic heterocycles. The highest BCUT2D eigenvalue weighted by Gasteiger charge is 2.15. The lowest BCUT2D eigenvalue weighted by Crippen LogP contribution is -2.10. The zero-order valence-corrected chi connectivity index (χ0v) is 10.9. The van der Waals surface area contributed by atoms with E-state index in [9.17, 15) is 4.79 Å². The Kier molecular flexibility index (Phi) is 4.05. The van der Waals surface area contributed by atoms with Gasteiger partial charge in [-0.25, -0.2) is 4.79 Å². The molecule has 2 aromatic rings. The first kappa shape index (κ1) is 13.7. The normalized spacial score (nSPS) is 10.1. The summed E-state index contributed by atoms with van der Waals surface area (Å²) in [6, 6.07) is 6.73. The Morgan fingerprint density at radius 3 is 2.90 bits per heavy atom. The maximum Gasteiger partial charge on any atom is 0.338 e. The van der Waals surface area contributed by atoms with Crippen LogP contribution in [0.4, 0.5) is 0 Å². The van der Waals surface area contributed by atoms with E-state index >= 15 is 0 Å². The van der Waals surface area contributed by atoms with Crippen molar-refractivity contribution < 1.29 is 19.5 Å². The van der Waals surface area contributed by atoms with Crippen LogP contribution in [0.3, 0.4) is 0 Å². The fourth-order valence-corrected chi connectivity index (χ4v) is 1.78. The van der Waals surface area contributed by atoms with Crippen LogP contribution in [0, 0.1) is 0 Å². The molecule has 1 N–H and O–H groups in total. The second kappa shape index (κ2) is 5.92. The van der Waals surface area contributed by atoms with Gasteiger partial charge in [0, 0.05) is 11.6 Å². The maximum atomic E-state index is 11.7. The molecule has 104 valence electrons. The molecular formula is C14H14N2O4. The smallest absolute Gasteiger partial charge is 0.338 e. The first-order valence-electron chi connectivity index (χ1n) is 5.86. The zero-order valence-electron chi connectivity index (χ0n) is 10.9. The molecule has 1 aromatic heterocycles. The second-order valence-corrected chi connectivity index (χ2v) is 3.93. The highest BCUT2D eigenvalue weighted by molar-refractivity contribution is 5.92. The van der Waals surface area contributed by atoms with Gasteiger partial charge in [-0.1, -0.05) is 29.9 Å². The van der Waals surface area contributed by atoms with Crippen molar-refractivity contribution in [1.82, 2.24) is 9.94 Å². The Morgan fingerprint density at radius 1 is 1.50 bits per heavy atom. The van der Waals surface area contributed by atoms with Crippen LogP contribution in [-0.2, 0) is 11.3 Å². The fourth-order valence-electron chi connectivity index (χ4n) is 1.78. The SMILES string of the molecule is C=Cc1cccc(C(=O)OC)c1COc1ccn(O)n1. The molecule has 6 heteroatoms. The van der Waals surface area contributed by atoms with Gasteiger partial charge in [0.2, 0.25) is 5.88 Å². The number of benzene rings is 1. The van der Waals surface area contributed by atoms with E-state index in [0.29, 0.717) is 16.0 Å². The molecule has 0 bridgehead atoms. The molecule has 20 heavy (non-hydrogen) atoms. The molecule has 0 spiro atoms. The minimum absolute atomic E-state index is 0.115. The summed E-state index contributed by atoms with van der Waals surface area (Å²) in [6.07, 6.45) is 2.98. The van der Waals surface area contributed by atoms with Crippen molar-refractivity contribution >= 4 is 12.0 Å². The van der Waals surface area contributed by atoms with Crippen molar-refractivity contribution in [3.05, 3.63) is 53.7 Å². The Morgan fingerprint density at radius 2 is 2.30 bits per heavy atom. The molecule has 0 atom stereocenters. The molecule has 0 radical (unpaired) electrons. The topological polar surface area (TPSA) is 73.6 Å². The van der Waals surface area contributed by atoms with Crippen molar-refractivity contribution in [2.45, 2.75) is 6.61 Å². The lowest BCUT2D eigenvalue weighted by molar-refractivity contribution is 0.0597. The van der Waals surface area contributed by atoms with E-state index in [4.69, 9.17) is 14.7 Å². The summed E-state index contributed by atoms with van der Waals surface area (Å²) in [5.41, 5.74) is 1.84. The number of aromatic nitrogens is 2. The van der Waals surface area contributed by atoms with Crippen molar-refractivity contribution in [1.29, 1.82) is 0 Å². The number of esters is 1. The monoisotopic (exact) mass is 274 g/mol. The number of carbonyl (C=O) groups is 1. The standard InChI is InChI=1S/C14H14N2O4/c1-3-10-5-4-6-11(14(17)19-2)12(10)9-20-13-7-8-16(18)15-13/h3-8,18H,1,9H2,2H3. The number of carbonyl (C=O) groups excluding carboxylic acids is 1. The molecule has 6 nitrogen and oxygen atoms in total. The fraction of sp³-hybridized carbons (Fsp3) is 0.143. The van der Waals surface area contributed by atoms with Crippen molar-refractivity contribution in [2.75, 3.05) is 7.11 Å². The van der Waals surface area contributed by atoms with E-state index in [2.05, 4.69) is 11.7 Å². The first-order valence-corrected chi connectivity index (χ1v) is 5.86. The molecule has 2 rings (SSSR count). The van der Waals surface area contributed by atoms with Gasteiger partial charge < -0.3 is 14.7 Å². The number of ether oxygens (including phenoxy) is 2. The maximum absolute atomic E-state index is 11.7. The molecule has 0 saturated carbocycles. The van der Waals surface area contributed by atoms with Crippen LogP contribution in [0.25, 0.3) is 6.08 Å². The van der Waals surface area contributed by atoms with Gasteiger partial charge in [-0.05, 0) is 11.6 Å². The summed E-state index contributed by atoms with van der Waals surface area (Å²) in [6.45, 7) is 3.82. The van der Waals surface area contributed by atoms with Gasteiger partial charge in [0.05, 0.1) is 18.9 Å². The van der Waals surface area contributed by atoms with Crippen molar-refractivity contribution in [3.63, 3.8) is 0 Å². The van der Waals surface area contributed by atoms with Gasteiger partial charge in [-0.3, -0.25) is 0 Å². The van der Waals surface area contributed by atoms with E-state index < -0.39 is 5.97 Å². The number of hydrogen-bond acceptors (Lipinski definition) is 5. The molecule has 0 amide bonds. The van der Waals surface area contributed by atoms with Crippen LogP contribution in [0.15, 0.2) is 37.0 Å². The summed E-state index contributed by atoms with van der Waals surface area (Å²) < 4.78 is 10.2. The molecule has 0 fully saturated rings. The third-order valence-corrected chi connectivity index (χ3v) is 2.75. The number of rotatable bonds is 5. The Labute approximate surface area is 115 Å².